The fourth-order valence-electron chi connectivity index (χ4n) is 6.24. The van der Waals surface area contributed by atoms with Crippen molar-refractivity contribution >= 4 is 18.4 Å². The fourth-order valence-corrected chi connectivity index (χ4v) is 6.52. The molecule has 5 atom stereocenters. The number of nitrogens with one attached hydrogen (secondary N) is 1. The van der Waals surface area contributed by atoms with Gasteiger partial charge in [-0.05, 0) is 67.3 Å². The van der Waals surface area contributed by atoms with Crippen molar-refractivity contribution in [2.45, 2.75) is 55.5 Å². The van der Waals surface area contributed by atoms with Gasteiger partial charge in [0.15, 0.2) is 0 Å². The topological polar surface area (TPSA) is 132 Å². The largest absolute Gasteiger partial charge is 0.497 e. The van der Waals surface area contributed by atoms with Crippen LogP contribution in [0.3, 0.4) is 0 Å². The standard InChI is InChI=1S/C29H41ClN2O6.CH2O/c1-35-11-5-4-9-28(34,29(18-32-10-12-38-29)20-15-25(31)26(33)16-20)23-7-6-8-24(30)27(23)19-13-21(36-2)17-22(14-19)37-3;1-2/h6-8,13-14,17,20,25-26,32-34H,4-5,9-12,15-16,18,31H2,1-3H3;1H2/t20-,25+,26-,28+,29-;/m0./s1. The van der Waals surface area contributed by atoms with Gasteiger partial charge in [0.2, 0.25) is 0 Å². The Balaban J connectivity index is 0.00000216. The Morgan fingerprint density at radius 1 is 1.15 bits per heavy atom. The lowest BCUT2D eigenvalue weighted by molar-refractivity contribution is -0.230. The molecule has 1 heterocycles. The Kier molecular flexibility index (Phi) is 11.8. The number of ether oxygens (including phenoxy) is 4. The van der Waals surface area contributed by atoms with Gasteiger partial charge in [0, 0.05) is 49.5 Å². The second-order valence-electron chi connectivity index (χ2n) is 10.4. The lowest BCUT2D eigenvalue weighted by Gasteiger charge is -2.53. The van der Waals surface area contributed by atoms with E-state index in [0.717, 1.165) is 12.0 Å². The summed E-state index contributed by atoms with van der Waals surface area (Å²) in [6, 6.07) is 10.8. The predicted octanol–water partition coefficient (Wildman–Crippen LogP) is 3.30. The average molecular weight is 579 g/mol. The van der Waals surface area contributed by atoms with Gasteiger partial charge in [0.25, 0.3) is 0 Å². The molecular formula is C30H43ClN2O7. The van der Waals surface area contributed by atoms with Gasteiger partial charge in [-0.3, -0.25) is 0 Å². The lowest BCUT2D eigenvalue weighted by atomic mass is 9.65. The molecule has 1 saturated carbocycles. The van der Waals surface area contributed by atoms with E-state index in [-0.39, 0.29) is 12.0 Å². The second-order valence-corrected chi connectivity index (χ2v) is 10.8. The number of unbranched alkanes of at least 4 members (excludes halogenated alkanes) is 1. The van der Waals surface area contributed by atoms with E-state index < -0.39 is 17.3 Å². The molecule has 4 rings (SSSR count). The zero-order valence-corrected chi connectivity index (χ0v) is 24.4. The molecule has 2 aromatic rings. The molecule has 2 fully saturated rings. The fraction of sp³-hybridized carbons (Fsp3) is 0.567. The van der Waals surface area contributed by atoms with E-state index in [0.29, 0.717) is 79.6 Å². The van der Waals surface area contributed by atoms with E-state index >= 15 is 0 Å². The minimum Gasteiger partial charge on any atom is -0.497 e. The molecule has 1 aliphatic carbocycles. The Morgan fingerprint density at radius 3 is 2.40 bits per heavy atom. The van der Waals surface area contributed by atoms with E-state index in [1.807, 2.05) is 37.1 Å². The van der Waals surface area contributed by atoms with Gasteiger partial charge in [0.1, 0.15) is 29.5 Å². The first-order chi connectivity index (χ1) is 19.3. The molecule has 0 bridgehead atoms. The molecule has 2 aliphatic rings. The van der Waals surface area contributed by atoms with Gasteiger partial charge in [-0.15, -0.1) is 0 Å². The van der Waals surface area contributed by atoms with Crippen molar-refractivity contribution in [3.63, 3.8) is 0 Å². The van der Waals surface area contributed by atoms with Crippen LogP contribution in [0.25, 0.3) is 11.1 Å². The second kappa shape index (κ2) is 14.6. The van der Waals surface area contributed by atoms with E-state index in [1.165, 1.54) is 0 Å². The van der Waals surface area contributed by atoms with Crippen LogP contribution in [0.5, 0.6) is 11.5 Å². The van der Waals surface area contributed by atoms with Crippen molar-refractivity contribution in [2.75, 3.05) is 47.6 Å². The molecule has 0 aromatic heterocycles. The molecule has 2 aromatic carbocycles. The predicted molar refractivity (Wildman–Crippen MR) is 155 cm³/mol. The highest BCUT2D eigenvalue weighted by atomic mass is 35.5. The number of rotatable bonds is 11. The first-order valence-electron chi connectivity index (χ1n) is 13.6. The van der Waals surface area contributed by atoms with Crippen molar-refractivity contribution < 1.29 is 34.0 Å². The van der Waals surface area contributed by atoms with Crippen molar-refractivity contribution in [3.05, 3.63) is 47.0 Å². The maximum atomic E-state index is 13.1. The van der Waals surface area contributed by atoms with E-state index in [4.69, 9.17) is 41.1 Å². The van der Waals surface area contributed by atoms with E-state index in [9.17, 15) is 10.2 Å². The number of benzene rings is 2. The maximum Gasteiger partial charge on any atom is 0.123 e. The summed E-state index contributed by atoms with van der Waals surface area (Å²) in [5.41, 5.74) is 5.92. The van der Waals surface area contributed by atoms with Crippen molar-refractivity contribution in [3.8, 4) is 22.6 Å². The number of hydrogen-bond donors (Lipinski definition) is 4. The highest BCUT2D eigenvalue weighted by Crippen LogP contribution is 2.53. The molecular weight excluding hydrogens is 536 g/mol. The maximum absolute atomic E-state index is 13.1. The molecule has 40 heavy (non-hydrogen) atoms. The third-order valence-electron chi connectivity index (χ3n) is 8.20. The molecule has 0 radical (unpaired) electrons. The van der Waals surface area contributed by atoms with Gasteiger partial charge in [-0.2, -0.15) is 0 Å². The molecule has 0 spiro atoms. The van der Waals surface area contributed by atoms with Gasteiger partial charge in [-0.1, -0.05) is 23.7 Å². The number of aliphatic hydroxyl groups is 2. The van der Waals surface area contributed by atoms with Crippen LogP contribution in [0.1, 0.15) is 37.7 Å². The normalized spacial score (nSPS) is 25.9. The van der Waals surface area contributed by atoms with Crippen LogP contribution < -0.4 is 20.5 Å². The van der Waals surface area contributed by atoms with Crippen molar-refractivity contribution in [2.24, 2.45) is 11.7 Å². The van der Waals surface area contributed by atoms with Crippen molar-refractivity contribution in [1.82, 2.24) is 5.32 Å². The summed E-state index contributed by atoms with van der Waals surface area (Å²) < 4.78 is 23.0. The summed E-state index contributed by atoms with van der Waals surface area (Å²) in [4.78, 5) is 8.00. The molecule has 9 nitrogen and oxygen atoms in total. The zero-order valence-electron chi connectivity index (χ0n) is 23.7. The summed E-state index contributed by atoms with van der Waals surface area (Å²) in [5.74, 6) is 1.06. The van der Waals surface area contributed by atoms with Gasteiger partial charge in [0.05, 0.1) is 26.9 Å². The first kappa shape index (κ1) is 32.3. The Labute approximate surface area is 241 Å². The number of morpholine rings is 1. The number of methoxy groups -OCH3 is 3. The number of carbonyl (C=O) groups is 1. The Hall–Kier alpha value is -2.24. The molecule has 10 heteroatoms. The van der Waals surface area contributed by atoms with Gasteiger partial charge >= 0.3 is 0 Å². The van der Waals surface area contributed by atoms with Crippen LogP contribution in [0, 0.1) is 5.92 Å². The van der Waals surface area contributed by atoms with Crippen LogP contribution in [0.2, 0.25) is 5.02 Å². The minimum atomic E-state index is -1.46. The number of hydrogen-bond acceptors (Lipinski definition) is 9. The van der Waals surface area contributed by atoms with Crippen LogP contribution in [0.15, 0.2) is 36.4 Å². The van der Waals surface area contributed by atoms with Crippen LogP contribution >= 0.6 is 11.6 Å². The summed E-state index contributed by atoms with van der Waals surface area (Å²) >= 11 is 6.91. The number of halogens is 1. The molecule has 1 saturated heterocycles. The average Bonchev–Trinajstić information content (AvgIpc) is 3.34. The summed E-state index contributed by atoms with van der Waals surface area (Å²) in [7, 11) is 4.88. The molecule has 5 N–H and O–H groups in total. The highest BCUT2D eigenvalue weighted by molar-refractivity contribution is 6.33. The summed E-state index contributed by atoms with van der Waals surface area (Å²) in [6.45, 7) is 4.12. The van der Waals surface area contributed by atoms with Crippen LogP contribution in [0.4, 0.5) is 0 Å². The molecule has 0 unspecified atom stereocenters. The van der Waals surface area contributed by atoms with Crippen LogP contribution in [-0.2, 0) is 19.9 Å². The molecule has 222 valence electrons. The van der Waals surface area contributed by atoms with Gasteiger partial charge in [-0.25, -0.2) is 0 Å². The third-order valence-corrected chi connectivity index (χ3v) is 8.51. The summed E-state index contributed by atoms with van der Waals surface area (Å²) in [6.07, 6.45) is 2.23. The molecule has 0 amide bonds. The highest BCUT2D eigenvalue weighted by Gasteiger charge is 2.60. The zero-order chi connectivity index (χ0) is 29.3. The first-order valence-corrected chi connectivity index (χ1v) is 14.0. The quantitative estimate of drug-likeness (QED) is 0.296. The monoisotopic (exact) mass is 578 g/mol. The van der Waals surface area contributed by atoms with E-state index in [1.54, 1.807) is 27.4 Å². The SMILES string of the molecule is C=O.COCCCC[C@@](O)(c1cccc(Cl)c1-c1cc(OC)cc(OC)c1)[C@@]1([C@H]2C[C@@H](N)[C@@H](O)C2)CNCCO1. The lowest BCUT2D eigenvalue weighted by Crippen LogP contribution is -2.66. The smallest absolute Gasteiger partial charge is 0.123 e. The molecule has 1 aliphatic heterocycles. The number of nitrogens with two attached hydrogens (primary N) is 1. The van der Waals surface area contributed by atoms with E-state index in [2.05, 4.69) is 5.32 Å². The van der Waals surface area contributed by atoms with Crippen LogP contribution in [-0.4, -0.2) is 82.4 Å². The summed E-state index contributed by atoms with van der Waals surface area (Å²) in [5, 5.41) is 27.7. The van der Waals surface area contributed by atoms with Gasteiger partial charge < -0.3 is 45.0 Å². The minimum absolute atomic E-state index is 0.167. The Bertz CT molecular complexity index is 1070. The number of carbonyl (C=O) groups excluding carboxylic acids is 1. The number of aliphatic hydroxyl groups excluding tert-OH is 1. The van der Waals surface area contributed by atoms with Crippen molar-refractivity contribution in [1.29, 1.82) is 0 Å². The Morgan fingerprint density at radius 2 is 1.85 bits per heavy atom. The third kappa shape index (κ3) is 6.46.